The van der Waals surface area contributed by atoms with E-state index in [0.717, 1.165) is 0 Å². The maximum absolute atomic E-state index is 12.2. The molecule has 2 N–H and O–H groups in total. The van der Waals surface area contributed by atoms with Crippen molar-refractivity contribution in [2.24, 2.45) is 0 Å². The number of carbonyl (C=O) groups is 1. The molecule has 0 aliphatic carbocycles. The molecule has 134 valence electrons. The van der Waals surface area contributed by atoms with Gasteiger partial charge in [0.2, 0.25) is 5.91 Å². The van der Waals surface area contributed by atoms with Gasteiger partial charge in [-0.25, -0.2) is 0 Å². The highest BCUT2D eigenvalue weighted by Gasteiger charge is 2.10. The van der Waals surface area contributed by atoms with E-state index in [4.69, 9.17) is 27.9 Å². The van der Waals surface area contributed by atoms with E-state index in [-0.39, 0.29) is 23.2 Å². The van der Waals surface area contributed by atoms with Gasteiger partial charge in [0.25, 0.3) is 0 Å². The van der Waals surface area contributed by atoms with Gasteiger partial charge in [-0.05, 0) is 36.4 Å². The molecular weight excluding hydrogens is 377 g/mol. The molecule has 0 heterocycles. The minimum Gasteiger partial charge on any atom is -0.495 e. The molecule has 0 unspecified atom stereocenters. The van der Waals surface area contributed by atoms with Crippen molar-refractivity contribution in [2.75, 3.05) is 24.3 Å². The van der Waals surface area contributed by atoms with Crippen molar-refractivity contribution in [1.29, 1.82) is 0 Å². The fraction of sp³-hybridized carbons (Fsp3) is 0.188. The first kappa shape index (κ1) is 19.1. The zero-order chi connectivity index (χ0) is 18.4. The molecule has 5 nitrogen and oxygen atoms in total. The maximum atomic E-state index is 12.2. The number of benzene rings is 2. The number of rotatable bonds is 7. The third-order valence-corrected chi connectivity index (χ3v) is 3.63. The van der Waals surface area contributed by atoms with Gasteiger partial charge in [0.15, 0.2) is 0 Å². The Bertz CT molecular complexity index is 760. The van der Waals surface area contributed by atoms with Crippen LogP contribution in [0.15, 0.2) is 36.4 Å². The molecule has 9 heteroatoms. The SMILES string of the molecule is COc1ccc(NC(=O)CNc2ccc(OC(F)F)c(Cl)c2)cc1Cl. The van der Waals surface area contributed by atoms with E-state index in [9.17, 15) is 13.6 Å². The predicted octanol–water partition coefficient (Wildman–Crippen LogP) is 4.65. The predicted molar refractivity (Wildman–Crippen MR) is 93.2 cm³/mol. The molecule has 0 bridgehead atoms. The largest absolute Gasteiger partial charge is 0.495 e. The van der Waals surface area contributed by atoms with Crippen molar-refractivity contribution in [3.8, 4) is 11.5 Å². The zero-order valence-corrected chi connectivity index (χ0v) is 14.5. The average molecular weight is 391 g/mol. The third-order valence-electron chi connectivity index (χ3n) is 3.04. The number of halogens is 4. The summed E-state index contributed by atoms with van der Waals surface area (Å²) in [6.45, 7) is -3.02. The summed E-state index contributed by atoms with van der Waals surface area (Å²) >= 11 is 11.8. The van der Waals surface area contributed by atoms with Crippen LogP contribution in [0.5, 0.6) is 11.5 Å². The molecule has 0 aliphatic rings. The van der Waals surface area contributed by atoms with Crippen molar-refractivity contribution in [3.05, 3.63) is 46.4 Å². The van der Waals surface area contributed by atoms with Crippen LogP contribution in [0.2, 0.25) is 10.0 Å². The Balaban J connectivity index is 1.91. The van der Waals surface area contributed by atoms with Gasteiger partial charge in [0.1, 0.15) is 11.5 Å². The lowest BCUT2D eigenvalue weighted by Crippen LogP contribution is -2.21. The Morgan fingerprint density at radius 1 is 1.08 bits per heavy atom. The normalized spacial score (nSPS) is 10.5. The van der Waals surface area contributed by atoms with Gasteiger partial charge in [0.05, 0.1) is 23.7 Å². The van der Waals surface area contributed by atoms with E-state index in [1.54, 1.807) is 18.2 Å². The number of ether oxygens (including phenoxy) is 2. The lowest BCUT2D eigenvalue weighted by molar-refractivity contribution is -0.114. The second-order valence-electron chi connectivity index (χ2n) is 4.77. The first-order chi connectivity index (χ1) is 11.9. The lowest BCUT2D eigenvalue weighted by atomic mass is 10.3. The van der Waals surface area contributed by atoms with Crippen LogP contribution in [0.3, 0.4) is 0 Å². The standard InChI is InChI=1S/C16H14Cl2F2N2O3/c1-24-13-4-3-10(7-11(13)17)22-15(23)8-21-9-2-5-14(12(18)6-9)25-16(19)20/h2-7,16,21H,8H2,1H3,(H,22,23). The number of amides is 1. The van der Waals surface area contributed by atoms with Crippen molar-refractivity contribution < 1.29 is 23.0 Å². The molecule has 0 atom stereocenters. The molecule has 0 saturated heterocycles. The summed E-state index contributed by atoms with van der Waals surface area (Å²) in [5, 5.41) is 5.86. The molecule has 25 heavy (non-hydrogen) atoms. The third kappa shape index (κ3) is 5.65. The topological polar surface area (TPSA) is 59.6 Å². The lowest BCUT2D eigenvalue weighted by Gasteiger charge is -2.11. The molecule has 1 amide bonds. The van der Waals surface area contributed by atoms with Crippen molar-refractivity contribution in [3.63, 3.8) is 0 Å². The fourth-order valence-corrected chi connectivity index (χ4v) is 2.42. The van der Waals surface area contributed by atoms with Crippen molar-refractivity contribution in [1.82, 2.24) is 0 Å². The molecule has 0 aromatic heterocycles. The Hall–Kier alpha value is -2.25. The van der Waals surface area contributed by atoms with Crippen LogP contribution in [-0.4, -0.2) is 26.2 Å². The Morgan fingerprint density at radius 3 is 2.28 bits per heavy atom. The second kappa shape index (κ2) is 8.73. The van der Waals surface area contributed by atoms with Crippen LogP contribution in [0.25, 0.3) is 0 Å². The molecule has 2 aromatic rings. The molecule has 2 rings (SSSR count). The average Bonchev–Trinajstić information content (AvgIpc) is 2.55. The Kier molecular flexibility index (Phi) is 6.66. The van der Waals surface area contributed by atoms with E-state index in [0.29, 0.717) is 22.1 Å². The van der Waals surface area contributed by atoms with Crippen LogP contribution in [0, 0.1) is 0 Å². The van der Waals surface area contributed by atoms with E-state index >= 15 is 0 Å². The van der Waals surface area contributed by atoms with Crippen LogP contribution < -0.4 is 20.1 Å². The number of hydrogen-bond acceptors (Lipinski definition) is 4. The summed E-state index contributed by atoms with van der Waals surface area (Å²) in [6, 6.07) is 8.99. The first-order valence-electron chi connectivity index (χ1n) is 7.00. The second-order valence-corrected chi connectivity index (χ2v) is 5.59. The number of anilines is 2. The summed E-state index contributed by atoms with van der Waals surface area (Å²) < 4.78 is 33.6. The Labute approximate surface area is 152 Å². The van der Waals surface area contributed by atoms with E-state index < -0.39 is 6.61 Å². The van der Waals surface area contributed by atoms with Gasteiger partial charge in [0, 0.05) is 11.4 Å². The maximum Gasteiger partial charge on any atom is 0.387 e. The minimum atomic E-state index is -2.96. The van der Waals surface area contributed by atoms with Crippen LogP contribution in [-0.2, 0) is 4.79 Å². The highest BCUT2D eigenvalue weighted by Crippen LogP contribution is 2.29. The molecule has 2 aromatic carbocycles. The molecule has 0 spiro atoms. The number of alkyl halides is 2. The van der Waals surface area contributed by atoms with Gasteiger partial charge in [-0.3, -0.25) is 4.79 Å². The minimum absolute atomic E-state index is 0.00708. The van der Waals surface area contributed by atoms with Crippen LogP contribution in [0.1, 0.15) is 0 Å². The summed E-state index contributed by atoms with van der Waals surface area (Å²) in [4.78, 5) is 11.9. The highest BCUT2D eigenvalue weighted by molar-refractivity contribution is 6.32. The van der Waals surface area contributed by atoms with Gasteiger partial charge < -0.3 is 20.1 Å². The van der Waals surface area contributed by atoms with Crippen molar-refractivity contribution in [2.45, 2.75) is 6.61 Å². The van der Waals surface area contributed by atoms with Gasteiger partial charge >= 0.3 is 6.61 Å². The zero-order valence-electron chi connectivity index (χ0n) is 13.0. The van der Waals surface area contributed by atoms with Crippen molar-refractivity contribution >= 4 is 40.5 Å². The summed E-state index contributed by atoms with van der Waals surface area (Å²) in [5.41, 5.74) is 0.992. The van der Waals surface area contributed by atoms with Crippen LogP contribution in [0.4, 0.5) is 20.2 Å². The molecule has 0 radical (unpaired) electrons. The van der Waals surface area contributed by atoms with Crippen LogP contribution >= 0.6 is 23.2 Å². The molecule has 0 aliphatic heterocycles. The summed E-state index contributed by atoms with van der Waals surface area (Å²) in [7, 11) is 1.49. The molecule has 0 saturated carbocycles. The van der Waals surface area contributed by atoms with Gasteiger partial charge in [-0.2, -0.15) is 8.78 Å². The number of hydrogen-bond donors (Lipinski definition) is 2. The quantitative estimate of drug-likeness (QED) is 0.721. The smallest absolute Gasteiger partial charge is 0.387 e. The molecule has 0 fully saturated rings. The van der Waals surface area contributed by atoms with E-state index in [2.05, 4.69) is 15.4 Å². The number of methoxy groups -OCH3 is 1. The van der Waals surface area contributed by atoms with Gasteiger partial charge in [-0.1, -0.05) is 23.2 Å². The van der Waals surface area contributed by atoms with Gasteiger partial charge in [-0.15, -0.1) is 0 Å². The van der Waals surface area contributed by atoms with E-state index in [1.807, 2.05) is 0 Å². The number of nitrogens with one attached hydrogen (secondary N) is 2. The van der Waals surface area contributed by atoms with E-state index in [1.165, 1.54) is 25.3 Å². The molecular formula is C16H14Cl2F2N2O3. The summed E-state index contributed by atoms with van der Waals surface area (Å²) in [6.07, 6.45) is 0. The first-order valence-corrected chi connectivity index (χ1v) is 7.76. The summed E-state index contributed by atoms with van der Waals surface area (Å²) in [5.74, 6) is 0.0309. The fourth-order valence-electron chi connectivity index (χ4n) is 1.93. The Morgan fingerprint density at radius 2 is 1.68 bits per heavy atom. The highest BCUT2D eigenvalue weighted by atomic mass is 35.5. The monoisotopic (exact) mass is 390 g/mol. The number of carbonyl (C=O) groups excluding carboxylic acids is 1.